The molecule has 20 heavy (non-hydrogen) atoms. The van der Waals surface area contributed by atoms with Crippen molar-refractivity contribution in [3.05, 3.63) is 28.2 Å². The van der Waals surface area contributed by atoms with Gasteiger partial charge in [-0.2, -0.15) is 0 Å². The number of urea groups is 1. The summed E-state index contributed by atoms with van der Waals surface area (Å²) in [6.45, 7) is 3.60. The van der Waals surface area contributed by atoms with E-state index in [0.29, 0.717) is 6.42 Å². The van der Waals surface area contributed by atoms with Crippen molar-refractivity contribution in [1.82, 2.24) is 5.32 Å². The molecule has 1 rings (SSSR count). The quantitative estimate of drug-likeness (QED) is 0.775. The monoisotopic (exact) mass is 318 g/mol. The number of carbonyl (C=O) groups is 2. The Balaban J connectivity index is 2.79. The SMILES string of the molecule is CCC(C)[C@H](NC(=O)Nc1c(Cl)cccc1Cl)C(=O)O. The lowest BCUT2D eigenvalue weighted by molar-refractivity contribution is -0.140. The number of amides is 2. The molecule has 0 saturated carbocycles. The lowest BCUT2D eigenvalue weighted by Gasteiger charge is -2.20. The lowest BCUT2D eigenvalue weighted by atomic mass is 9.99. The number of halogens is 2. The molecule has 0 saturated heterocycles. The smallest absolute Gasteiger partial charge is 0.326 e. The Morgan fingerprint density at radius 3 is 2.30 bits per heavy atom. The van der Waals surface area contributed by atoms with Gasteiger partial charge in [0.05, 0.1) is 15.7 Å². The summed E-state index contributed by atoms with van der Waals surface area (Å²) in [5.41, 5.74) is 0.252. The van der Waals surface area contributed by atoms with Gasteiger partial charge in [-0.1, -0.05) is 49.5 Å². The van der Waals surface area contributed by atoms with Crippen molar-refractivity contribution < 1.29 is 14.7 Å². The lowest BCUT2D eigenvalue weighted by Crippen LogP contribution is -2.46. The minimum Gasteiger partial charge on any atom is -0.480 e. The van der Waals surface area contributed by atoms with Gasteiger partial charge >= 0.3 is 12.0 Å². The number of aliphatic carboxylic acids is 1. The second kappa shape index (κ2) is 7.36. The van der Waals surface area contributed by atoms with E-state index in [4.69, 9.17) is 28.3 Å². The van der Waals surface area contributed by atoms with Crippen LogP contribution in [-0.2, 0) is 4.79 Å². The number of benzene rings is 1. The molecular formula is C13H16Cl2N2O3. The first kappa shape index (κ1) is 16.6. The maximum absolute atomic E-state index is 11.8. The normalized spacial score (nSPS) is 13.4. The standard InChI is InChI=1S/C13H16Cl2N2O3/c1-3-7(2)10(12(18)19)16-13(20)17-11-8(14)5-4-6-9(11)15/h4-7,10H,3H2,1-2H3,(H,18,19)(H2,16,17,20)/t7?,10-/m0/s1. The molecule has 0 fully saturated rings. The number of hydrogen-bond acceptors (Lipinski definition) is 2. The summed E-state index contributed by atoms with van der Waals surface area (Å²) in [5.74, 6) is -1.28. The average molecular weight is 319 g/mol. The molecule has 0 heterocycles. The van der Waals surface area contributed by atoms with Crippen LogP contribution < -0.4 is 10.6 Å². The van der Waals surface area contributed by atoms with Crippen LogP contribution in [0.25, 0.3) is 0 Å². The summed E-state index contributed by atoms with van der Waals surface area (Å²) in [5, 5.41) is 14.5. The first-order valence-corrected chi connectivity index (χ1v) is 6.86. The van der Waals surface area contributed by atoms with E-state index in [-0.39, 0.29) is 21.7 Å². The molecule has 110 valence electrons. The highest BCUT2D eigenvalue weighted by atomic mass is 35.5. The molecular weight excluding hydrogens is 303 g/mol. The third-order valence-corrected chi connectivity index (χ3v) is 3.60. The van der Waals surface area contributed by atoms with Crippen molar-refractivity contribution in [3.63, 3.8) is 0 Å². The van der Waals surface area contributed by atoms with E-state index >= 15 is 0 Å². The molecule has 0 aromatic heterocycles. The Morgan fingerprint density at radius 2 is 1.85 bits per heavy atom. The highest BCUT2D eigenvalue weighted by Crippen LogP contribution is 2.29. The average Bonchev–Trinajstić information content (AvgIpc) is 2.39. The van der Waals surface area contributed by atoms with E-state index in [1.807, 2.05) is 6.92 Å². The van der Waals surface area contributed by atoms with Gasteiger partial charge in [-0.3, -0.25) is 0 Å². The maximum Gasteiger partial charge on any atom is 0.326 e. The van der Waals surface area contributed by atoms with Crippen LogP contribution in [0.2, 0.25) is 10.0 Å². The number of hydrogen-bond donors (Lipinski definition) is 3. The molecule has 5 nitrogen and oxygen atoms in total. The zero-order valence-electron chi connectivity index (χ0n) is 11.1. The van der Waals surface area contributed by atoms with Gasteiger partial charge < -0.3 is 15.7 Å². The van der Waals surface area contributed by atoms with Crippen molar-refractivity contribution in [2.24, 2.45) is 5.92 Å². The molecule has 0 spiro atoms. The van der Waals surface area contributed by atoms with Gasteiger partial charge in [-0.25, -0.2) is 9.59 Å². The van der Waals surface area contributed by atoms with Gasteiger partial charge in [0.15, 0.2) is 0 Å². The highest BCUT2D eigenvalue weighted by Gasteiger charge is 2.25. The van der Waals surface area contributed by atoms with Crippen molar-refractivity contribution in [2.45, 2.75) is 26.3 Å². The summed E-state index contributed by atoms with van der Waals surface area (Å²) in [6, 6.07) is 3.17. The number of carboxylic acids is 1. The Hall–Kier alpha value is -1.46. The topological polar surface area (TPSA) is 78.4 Å². The largest absolute Gasteiger partial charge is 0.480 e. The first-order valence-electron chi connectivity index (χ1n) is 6.11. The summed E-state index contributed by atoms with van der Waals surface area (Å²) in [4.78, 5) is 23.0. The fourth-order valence-corrected chi connectivity index (χ4v) is 2.08. The van der Waals surface area contributed by atoms with Crippen molar-refractivity contribution >= 4 is 40.9 Å². The van der Waals surface area contributed by atoms with Crippen molar-refractivity contribution in [1.29, 1.82) is 0 Å². The van der Waals surface area contributed by atoms with Gasteiger partial charge in [0, 0.05) is 0 Å². The van der Waals surface area contributed by atoms with Crippen LogP contribution in [-0.4, -0.2) is 23.1 Å². The van der Waals surface area contributed by atoms with Crippen molar-refractivity contribution in [2.75, 3.05) is 5.32 Å². The molecule has 0 aliphatic heterocycles. The number of rotatable bonds is 5. The highest BCUT2D eigenvalue weighted by molar-refractivity contribution is 6.39. The van der Waals surface area contributed by atoms with Gasteiger partial charge in [0.1, 0.15) is 6.04 Å². The van der Waals surface area contributed by atoms with Crippen molar-refractivity contribution in [3.8, 4) is 0 Å². The van der Waals surface area contributed by atoms with E-state index in [9.17, 15) is 9.59 Å². The minimum atomic E-state index is -1.08. The summed E-state index contributed by atoms with van der Waals surface area (Å²) < 4.78 is 0. The summed E-state index contributed by atoms with van der Waals surface area (Å²) in [6.07, 6.45) is 0.629. The van der Waals surface area contributed by atoms with E-state index in [1.165, 1.54) is 0 Å². The Kier molecular flexibility index (Phi) is 6.10. The molecule has 3 N–H and O–H groups in total. The molecule has 1 aromatic rings. The van der Waals surface area contributed by atoms with Crippen LogP contribution in [0.1, 0.15) is 20.3 Å². The molecule has 1 unspecified atom stereocenters. The van der Waals surface area contributed by atoms with E-state index < -0.39 is 18.0 Å². The Bertz CT molecular complexity index is 488. The summed E-state index contributed by atoms with van der Waals surface area (Å²) >= 11 is 11.8. The predicted molar refractivity (Wildman–Crippen MR) is 79.5 cm³/mol. The molecule has 1 aromatic carbocycles. The molecule has 0 radical (unpaired) electrons. The number of nitrogens with one attached hydrogen (secondary N) is 2. The number of carbonyl (C=O) groups excluding carboxylic acids is 1. The fraction of sp³-hybridized carbons (Fsp3) is 0.385. The van der Waals surface area contributed by atoms with Crippen LogP contribution in [0, 0.1) is 5.92 Å². The van der Waals surface area contributed by atoms with Gasteiger partial charge in [0.2, 0.25) is 0 Å². The van der Waals surface area contributed by atoms with Crippen LogP contribution >= 0.6 is 23.2 Å². The number of anilines is 1. The van der Waals surface area contributed by atoms with Gasteiger partial charge in [-0.05, 0) is 18.1 Å². The van der Waals surface area contributed by atoms with Gasteiger partial charge in [0.25, 0.3) is 0 Å². The molecule has 2 atom stereocenters. The number of para-hydroxylation sites is 1. The molecule has 0 aliphatic carbocycles. The Labute approximate surface area is 127 Å². The predicted octanol–water partition coefficient (Wildman–Crippen LogP) is 3.61. The molecule has 0 bridgehead atoms. The van der Waals surface area contributed by atoms with Crippen LogP contribution in [0.4, 0.5) is 10.5 Å². The fourth-order valence-electron chi connectivity index (χ4n) is 1.59. The molecule has 2 amide bonds. The maximum atomic E-state index is 11.8. The second-order valence-corrected chi connectivity index (χ2v) is 5.21. The zero-order valence-corrected chi connectivity index (χ0v) is 12.6. The minimum absolute atomic E-state index is 0.194. The van der Waals surface area contributed by atoms with E-state index in [0.717, 1.165) is 0 Å². The molecule has 0 aliphatic rings. The third-order valence-electron chi connectivity index (χ3n) is 2.97. The second-order valence-electron chi connectivity index (χ2n) is 4.40. The van der Waals surface area contributed by atoms with E-state index in [2.05, 4.69) is 10.6 Å². The van der Waals surface area contributed by atoms with Gasteiger partial charge in [-0.15, -0.1) is 0 Å². The summed E-state index contributed by atoms with van der Waals surface area (Å²) in [7, 11) is 0. The van der Waals surface area contributed by atoms with E-state index in [1.54, 1.807) is 25.1 Å². The zero-order chi connectivity index (χ0) is 15.3. The molecule has 7 heteroatoms. The van der Waals surface area contributed by atoms with Crippen LogP contribution in [0.15, 0.2) is 18.2 Å². The third kappa shape index (κ3) is 4.28. The Morgan fingerprint density at radius 1 is 1.30 bits per heavy atom. The van der Waals surface area contributed by atoms with Crippen LogP contribution in [0.3, 0.4) is 0 Å². The number of carboxylic acid groups (broad SMARTS) is 1. The first-order chi connectivity index (χ1) is 9.36. The van der Waals surface area contributed by atoms with Crippen LogP contribution in [0.5, 0.6) is 0 Å².